The van der Waals surface area contributed by atoms with Gasteiger partial charge in [-0.2, -0.15) is 13.2 Å². The SMILES string of the molecule is CC(C)(C)OC(=O)NC(Cc1ccc(OS(=O)C(F)(F)F)cc1F)C(=O)N1CCCC1. The van der Waals surface area contributed by atoms with Gasteiger partial charge in [0, 0.05) is 25.6 Å². The van der Waals surface area contributed by atoms with Gasteiger partial charge in [-0.3, -0.25) is 4.79 Å². The van der Waals surface area contributed by atoms with E-state index in [2.05, 4.69) is 9.50 Å². The molecule has 1 aromatic rings. The average Bonchev–Trinajstić information content (AvgIpc) is 3.14. The summed E-state index contributed by atoms with van der Waals surface area (Å²) in [7, 11) is 0. The number of halogens is 4. The number of carbonyl (C=O) groups is 2. The normalized spacial score (nSPS) is 16.5. The molecule has 1 heterocycles. The Balaban J connectivity index is 2.17. The second-order valence-corrected chi connectivity index (χ2v) is 9.05. The zero-order valence-corrected chi connectivity index (χ0v) is 18.1. The van der Waals surface area contributed by atoms with E-state index in [4.69, 9.17) is 4.74 Å². The van der Waals surface area contributed by atoms with Gasteiger partial charge in [-0.1, -0.05) is 6.07 Å². The number of nitrogens with zero attached hydrogens (tertiary/aromatic N) is 1. The Morgan fingerprint density at radius 1 is 1.19 bits per heavy atom. The van der Waals surface area contributed by atoms with E-state index in [-0.39, 0.29) is 12.0 Å². The van der Waals surface area contributed by atoms with Crippen LogP contribution in [-0.2, 0) is 27.0 Å². The van der Waals surface area contributed by atoms with Crippen LogP contribution in [0.5, 0.6) is 5.75 Å². The first-order valence-corrected chi connectivity index (χ1v) is 10.6. The van der Waals surface area contributed by atoms with Crippen LogP contribution in [-0.4, -0.2) is 51.3 Å². The highest BCUT2D eigenvalue weighted by molar-refractivity contribution is 7.81. The third-order valence-corrected chi connectivity index (χ3v) is 4.94. The fourth-order valence-electron chi connectivity index (χ4n) is 2.91. The summed E-state index contributed by atoms with van der Waals surface area (Å²) in [5.74, 6) is -1.97. The van der Waals surface area contributed by atoms with Crippen molar-refractivity contribution in [1.29, 1.82) is 0 Å². The third-order valence-electron chi connectivity index (χ3n) is 4.22. The molecule has 1 fully saturated rings. The van der Waals surface area contributed by atoms with E-state index in [1.165, 1.54) is 0 Å². The van der Waals surface area contributed by atoms with Crippen LogP contribution in [0.2, 0.25) is 0 Å². The Kier molecular flexibility index (Phi) is 7.90. The van der Waals surface area contributed by atoms with Gasteiger partial charge in [0.1, 0.15) is 23.2 Å². The predicted octanol–water partition coefficient (Wildman–Crippen LogP) is 3.45. The van der Waals surface area contributed by atoms with Gasteiger partial charge in [-0.05, 0) is 45.2 Å². The lowest BCUT2D eigenvalue weighted by molar-refractivity contribution is -0.132. The van der Waals surface area contributed by atoms with Crippen molar-refractivity contribution in [3.8, 4) is 5.75 Å². The number of alkyl halides is 3. The lowest BCUT2D eigenvalue weighted by Crippen LogP contribution is -2.50. The summed E-state index contributed by atoms with van der Waals surface area (Å²) in [4.78, 5) is 26.5. The maximum Gasteiger partial charge on any atom is 0.508 e. The molecule has 7 nitrogen and oxygen atoms in total. The minimum atomic E-state index is -5.11. The van der Waals surface area contributed by atoms with Crippen LogP contribution in [0, 0.1) is 5.82 Å². The number of hydrogen-bond acceptors (Lipinski definition) is 5. The molecule has 1 saturated heterocycles. The highest BCUT2D eigenvalue weighted by atomic mass is 32.2. The lowest BCUT2D eigenvalue weighted by Gasteiger charge is -2.26. The van der Waals surface area contributed by atoms with Gasteiger partial charge in [-0.25, -0.2) is 13.4 Å². The smallest absolute Gasteiger partial charge is 0.444 e. The zero-order chi connectivity index (χ0) is 23.4. The van der Waals surface area contributed by atoms with E-state index in [1.807, 2.05) is 0 Å². The van der Waals surface area contributed by atoms with Gasteiger partial charge >= 0.3 is 22.7 Å². The number of nitrogens with one attached hydrogen (secondary N) is 1. The molecule has 2 unspecified atom stereocenters. The van der Waals surface area contributed by atoms with Crippen LogP contribution in [0.4, 0.5) is 22.4 Å². The molecule has 0 saturated carbocycles. The Bertz CT molecular complexity index is 836. The van der Waals surface area contributed by atoms with Crippen molar-refractivity contribution in [3.05, 3.63) is 29.6 Å². The molecule has 12 heteroatoms. The van der Waals surface area contributed by atoms with Crippen LogP contribution in [0.15, 0.2) is 18.2 Å². The standard InChI is InChI=1S/C19H24F4N2O5S/c1-18(2,3)29-17(27)24-15(16(26)25-8-4-5-9-25)10-12-6-7-13(11-14(12)20)30-31(28)19(21,22)23/h6-7,11,15H,4-5,8-10H2,1-3H3,(H,24,27). The van der Waals surface area contributed by atoms with E-state index < -0.39 is 51.8 Å². The molecule has 0 aliphatic carbocycles. The van der Waals surface area contributed by atoms with E-state index in [1.54, 1.807) is 25.7 Å². The van der Waals surface area contributed by atoms with Gasteiger partial charge in [0.25, 0.3) is 0 Å². The van der Waals surface area contributed by atoms with Crippen molar-refractivity contribution in [2.24, 2.45) is 0 Å². The minimum Gasteiger partial charge on any atom is -0.444 e. The molecular weight excluding hydrogens is 444 g/mol. The van der Waals surface area contributed by atoms with Gasteiger partial charge in [0.2, 0.25) is 5.91 Å². The highest BCUT2D eigenvalue weighted by Gasteiger charge is 2.40. The molecule has 2 amide bonds. The molecule has 1 aliphatic rings. The number of hydrogen-bond donors (Lipinski definition) is 1. The summed E-state index contributed by atoms with van der Waals surface area (Å²) < 4.78 is 71.9. The molecule has 0 aromatic heterocycles. The third kappa shape index (κ3) is 7.67. The van der Waals surface area contributed by atoms with E-state index in [9.17, 15) is 31.4 Å². The van der Waals surface area contributed by atoms with E-state index in [0.29, 0.717) is 19.2 Å². The summed E-state index contributed by atoms with van der Waals surface area (Å²) in [5, 5.41) is 2.44. The quantitative estimate of drug-likeness (QED) is 0.647. The van der Waals surface area contributed by atoms with Crippen molar-refractivity contribution >= 4 is 23.1 Å². The van der Waals surface area contributed by atoms with Crippen LogP contribution in [0.1, 0.15) is 39.2 Å². The lowest BCUT2D eigenvalue weighted by atomic mass is 10.0. The van der Waals surface area contributed by atoms with Crippen molar-refractivity contribution in [2.75, 3.05) is 13.1 Å². The van der Waals surface area contributed by atoms with Crippen LogP contribution < -0.4 is 9.50 Å². The fraction of sp³-hybridized carbons (Fsp3) is 0.579. The van der Waals surface area contributed by atoms with Crippen molar-refractivity contribution in [3.63, 3.8) is 0 Å². The number of carbonyl (C=O) groups excluding carboxylic acids is 2. The molecular formula is C19H24F4N2O5S. The molecule has 31 heavy (non-hydrogen) atoms. The molecule has 0 spiro atoms. The summed E-state index contributed by atoms with van der Waals surface area (Å²) in [6.07, 6.45) is 0.498. The number of likely N-dealkylation sites (tertiary alicyclic amines) is 1. The first kappa shape index (κ1) is 24.9. The van der Waals surface area contributed by atoms with Gasteiger partial charge in [-0.15, -0.1) is 0 Å². The molecule has 174 valence electrons. The van der Waals surface area contributed by atoms with Gasteiger partial charge in [0.05, 0.1) is 0 Å². The van der Waals surface area contributed by atoms with Crippen molar-refractivity contribution in [1.82, 2.24) is 10.2 Å². The summed E-state index contributed by atoms with van der Waals surface area (Å²) in [6, 6.07) is 1.62. The summed E-state index contributed by atoms with van der Waals surface area (Å²) in [6.45, 7) is 5.95. The summed E-state index contributed by atoms with van der Waals surface area (Å²) in [5.41, 5.74) is -5.97. The van der Waals surface area contributed by atoms with Crippen LogP contribution in [0.25, 0.3) is 0 Å². The largest absolute Gasteiger partial charge is 0.508 e. The fourth-order valence-corrected chi connectivity index (χ4v) is 3.28. The summed E-state index contributed by atoms with van der Waals surface area (Å²) >= 11 is -3.64. The molecule has 2 rings (SSSR count). The van der Waals surface area contributed by atoms with Crippen LogP contribution >= 0.6 is 0 Å². The first-order chi connectivity index (χ1) is 14.3. The monoisotopic (exact) mass is 468 g/mol. The maximum absolute atomic E-state index is 14.5. The molecule has 2 atom stereocenters. The van der Waals surface area contributed by atoms with Gasteiger partial charge < -0.3 is 19.1 Å². The second kappa shape index (κ2) is 9.84. The average molecular weight is 468 g/mol. The number of alkyl carbamates (subject to hydrolysis) is 1. The predicted molar refractivity (Wildman–Crippen MR) is 104 cm³/mol. The zero-order valence-electron chi connectivity index (χ0n) is 17.3. The topological polar surface area (TPSA) is 84.9 Å². The maximum atomic E-state index is 14.5. The Labute approximate surface area is 179 Å². The molecule has 1 N–H and O–H groups in total. The first-order valence-electron chi connectivity index (χ1n) is 9.50. The Hall–Kier alpha value is -2.37. The minimum absolute atomic E-state index is 0.0428. The van der Waals surface area contributed by atoms with E-state index in [0.717, 1.165) is 25.0 Å². The number of benzene rings is 1. The Morgan fingerprint density at radius 3 is 2.32 bits per heavy atom. The number of rotatable bonds is 6. The van der Waals surface area contributed by atoms with Gasteiger partial charge in [0.15, 0.2) is 0 Å². The molecule has 0 radical (unpaired) electrons. The van der Waals surface area contributed by atoms with Crippen molar-refractivity contribution < 1.29 is 40.3 Å². The molecule has 0 bridgehead atoms. The highest BCUT2D eigenvalue weighted by Crippen LogP contribution is 2.25. The second-order valence-electron chi connectivity index (χ2n) is 7.95. The van der Waals surface area contributed by atoms with E-state index >= 15 is 0 Å². The van der Waals surface area contributed by atoms with Crippen molar-refractivity contribution in [2.45, 2.75) is 57.2 Å². The molecule has 1 aromatic carbocycles. The molecule has 1 aliphatic heterocycles. The Morgan fingerprint density at radius 2 is 1.81 bits per heavy atom. The van der Waals surface area contributed by atoms with Crippen LogP contribution in [0.3, 0.4) is 0 Å². The number of amides is 2. The number of ether oxygens (including phenoxy) is 1.